The lowest BCUT2D eigenvalue weighted by atomic mass is 10.0. The average Bonchev–Trinajstić information content (AvgIpc) is 2.57. The molecule has 9 heteroatoms. The van der Waals surface area contributed by atoms with Crippen LogP contribution in [0.5, 0.6) is 0 Å². The lowest BCUT2D eigenvalue weighted by molar-refractivity contribution is -0.180. The van der Waals surface area contributed by atoms with Crippen LogP contribution >= 0.6 is 0 Å². The Bertz CT molecular complexity index is 798. The van der Waals surface area contributed by atoms with E-state index < -0.39 is 35.7 Å². The molecule has 138 valence electrons. The topological polar surface area (TPSA) is 55.4 Å². The predicted molar refractivity (Wildman–Crippen MR) is 81.1 cm³/mol. The van der Waals surface area contributed by atoms with E-state index in [1.54, 1.807) is 5.32 Å². The summed E-state index contributed by atoms with van der Waals surface area (Å²) in [4.78, 5) is 23.1. The summed E-state index contributed by atoms with van der Waals surface area (Å²) in [6, 6.07) is 4.96. The Labute approximate surface area is 144 Å². The van der Waals surface area contributed by atoms with Crippen molar-refractivity contribution < 1.29 is 36.3 Å². The van der Waals surface area contributed by atoms with Gasteiger partial charge in [0, 0.05) is 11.6 Å². The average molecular weight is 373 g/mol. The van der Waals surface area contributed by atoms with E-state index in [2.05, 4.69) is 4.74 Å². The fourth-order valence-corrected chi connectivity index (χ4v) is 2.14. The standard InChI is InChI=1S/C17H12F5NO3/c1-26-16(25)14(17(20,21)22)23-15(24)10-4-2-9(3-5-10)11-6-12(18)8-13(19)7-11/h2-8,14H,1H3,(H,23,24). The van der Waals surface area contributed by atoms with Crippen LogP contribution in [0.15, 0.2) is 42.5 Å². The molecule has 0 radical (unpaired) electrons. The summed E-state index contributed by atoms with van der Waals surface area (Å²) in [5, 5.41) is 1.54. The maximum absolute atomic E-state index is 13.2. The number of amides is 1. The zero-order valence-electron chi connectivity index (χ0n) is 13.2. The van der Waals surface area contributed by atoms with Gasteiger partial charge in [-0.25, -0.2) is 13.6 Å². The zero-order valence-corrected chi connectivity index (χ0v) is 13.2. The fraction of sp³-hybridized carbons (Fsp3) is 0.176. The van der Waals surface area contributed by atoms with Crippen LogP contribution in [0.25, 0.3) is 11.1 Å². The van der Waals surface area contributed by atoms with Crippen LogP contribution in [-0.4, -0.2) is 31.2 Å². The number of ether oxygens (including phenoxy) is 1. The molecule has 0 aliphatic rings. The number of rotatable bonds is 4. The molecule has 0 saturated heterocycles. The molecular formula is C17H12F5NO3. The van der Waals surface area contributed by atoms with Crippen LogP contribution in [0, 0.1) is 11.6 Å². The molecule has 0 bridgehead atoms. The third kappa shape index (κ3) is 4.56. The number of alkyl halides is 3. The Balaban J connectivity index is 2.21. The van der Waals surface area contributed by atoms with Gasteiger partial charge in [-0.15, -0.1) is 0 Å². The van der Waals surface area contributed by atoms with E-state index in [4.69, 9.17) is 0 Å². The van der Waals surface area contributed by atoms with E-state index in [-0.39, 0.29) is 11.1 Å². The molecule has 1 unspecified atom stereocenters. The van der Waals surface area contributed by atoms with E-state index >= 15 is 0 Å². The first-order chi connectivity index (χ1) is 12.1. The van der Waals surface area contributed by atoms with Crippen LogP contribution in [0.2, 0.25) is 0 Å². The Morgan fingerprint density at radius 1 is 0.962 bits per heavy atom. The number of carbonyl (C=O) groups excluding carboxylic acids is 2. The van der Waals surface area contributed by atoms with Crippen LogP contribution in [-0.2, 0) is 9.53 Å². The van der Waals surface area contributed by atoms with Gasteiger partial charge in [0.05, 0.1) is 7.11 Å². The number of benzene rings is 2. The summed E-state index contributed by atoms with van der Waals surface area (Å²) >= 11 is 0. The van der Waals surface area contributed by atoms with Crippen molar-refractivity contribution in [2.45, 2.75) is 12.2 Å². The molecule has 0 saturated carbocycles. The summed E-state index contributed by atoms with van der Waals surface area (Å²) in [7, 11) is 0.764. The monoisotopic (exact) mass is 373 g/mol. The number of halogens is 5. The minimum absolute atomic E-state index is 0.177. The predicted octanol–water partition coefficient (Wildman–Crippen LogP) is 3.47. The van der Waals surface area contributed by atoms with Crippen molar-refractivity contribution >= 4 is 11.9 Å². The van der Waals surface area contributed by atoms with Gasteiger partial charge < -0.3 is 10.1 Å². The molecular weight excluding hydrogens is 361 g/mol. The highest BCUT2D eigenvalue weighted by atomic mass is 19.4. The molecule has 1 amide bonds. The van der Waals surface area contributed by atoms with E-state index in [9.17, 15) is 31.5 Å². The van der Waals surface area contributed by atoms with Crippen molar-refractivity contribution in [1.82, 2.24) is 5.32 Å². The molecule has 0 aliphatic heterocycles. The molecule has 2 rings (SSSR count). The highest BCUT2D eigenvalue weighted by molar-refractivity contribution is 5.97. The van der Waals surface area contributed by atoms with E-state index in [0.29, 0.717) is 11.6 Å². The summed E-state index contributed by atoms with van der Waals surface area (Å²) in [6.07, 6.45) is -5.03. The summed E-state index contributed by atoms with van der Waals surface area (Å²) in [5.41, 5.74) is 0.362. The Morgan fingerprint density at radius 3 is 1.96 bits per heavy atom. The van der Waals surface area contributed by atoms with Gasteiger partial charge in [0.2, 0.25) is 6.04 Å². The number of hydrogen-bond donors (Lipinski definition) is 1. The SMILES string of the molecule is COC(=O)C(NC(=O)c1ccc(-c2cc(F)cc(F)c2)cc1)C(F)(F)F. The molecule has 4 nitrogen and oxygen atoms in total. The Kier molecular flexibility index (Phi) is 5.59. The second kappa shape index (κ2) is 7.51. The molecule has 26 heavy (non-hydrogen) atoms. The normalized spacial score (nSPS) is 12.4. The first-order valence-electron chi connectivity index (χ1n) is 7.13. The number of nitrogens with one attached hydrogen (secondary N) is 1. The molecule has 0 aliphatic carbocycles. The second-order valence-corrected chi connectivity index (χ2v) is 5.21. The van der Waals surface area contributed by atoms with Crippen LogP contribution in [0.4, 0.5) is 22.0 Å². The van der Waals surface area contributed by atoms with Gasteiger partial charge in [-0.3, -0.25) is 4.79 Å². The lowest BCUT2D eigenvalue weighted by Gasteiger charge is -2.19. The molecule has 2 aromatic carbocycles. The van der Waals surface area contributed by atoms with Crippen LogP contribution in [0.1, 0.15) is 10.4 Å². The summed E-state index contributed by atoms with van der Waals surface area (Å²) < 4.78 is 68.9. The smallest absolute Gasteiger partial charge is 0.419 e. The number of hydrogen-bond acceptors (Lipinski definition) is 3. The van der Waals surface area contributed by atoms with Gasteiger partial charge in [-0.05, 0) is 35.4 Å². The summed E-state index contributed by atoms with van der Waals surface area (Å²) in [5.74, 6) is -4.41. The van der Waals surface area contributed by atoms with Gasteiger partial charge in [-0.2, -0.15) is 13.2 Å². The largest absolute Gasteiger partial charge is 0.467 e. The maximum atomic E-state index is 13.2. The summed E-state index contributed by atoms with van der Waals surface area (Å²) in [6.45, 7) is 0. The lowest BCUT2D eigenvalue weighted by Crippen LogP contribution is -2.51. The van der Waals surface area contributed by atoms with Gasteiger partial charge in [0.15, 0.2) is 0 Å². The van der Waals surface area contributed by atoms with E-state index in [1.165, 1.54) is 12.1 Å². The van der Waals surface area contributed by atoms with Gasteiger partial charge in [-0.1, -0.05) is 12.1 Å². The van der Waals surface area contributed by atoms with Crippen molar-refractivity contribution in [2.24, 2.45) is 0 Å². The molecule has 0 aromatic heterocycles. The van der Waals surface area contributed by atoms with Crippen LogP contribution < -0.4 is 5.32 Å². The minimum Gasteiger partial charge on any atom is -0.467 e. The van der Waals surface area contributed by atoms with Gasteiger partial charge >= 0.3 is 12.1 Å². The molecule has 1 N–H and O–H groups in total. The fourth-order valence-electron chi connectivity index (χ4n) is 2.14. The van der Waals surface area contributed by atoms with E-state index in [0.717, 1.165) is 31.4 Å². The maximum Gasteiger partial charge on any atom is 0.419 e. The Hall–Kier alpha value is -2.97. The zero-order chi connectivity index (χ0) is 19.5. The van der Waals surface area contributed by atoms with Crippen molar-refractivity contribution in [2.75, 3.05) is 7.11 Å². The second-order valence-electron chi connectivity index (χ2n) is 5.21. The highest BCUT2D eigenvalue weighted by Crippen LogP contribution is 2.24. The van der Waals surface area contributed by atoms with E-state index in [1.807, 2.05) is 0 Å². The molecule has 2 aromatic rings. The number of methoxy groups -OCH3 is 1. The number of carbonyl (C=O) groups is 2. The third-order valence-corrected chi connectivity index (χ3v) is 3.38. The van der Waals surface area contributed by atoms with Crippen molar-refractivity contribution in [3.05, 3.63) is 59.7 Å². The van der Waals surface area contributed by atoms with Crippen molar-refractivity contribution in [3.63, 3.8) is 0 Å². The first-order valence-corrected chi connectivity index (χ1v) is 7.13. The van der Waals surface area contributed by atoms with Crippen molar-refractivity contribution in [3.8, 4) is 11.1 Å². The molecule has 0 spiro atoms. The highest BCUT2D eigenvalue weighted by Gasteiger charge is 2.47. The van der Waals surface area contributed by atoms with Gasteiger partial charge in [0.25, 0.3) is 5.91 Å². The molecule has 0 heterocycles. The quantitative estimate of drug-likeness (QED) is 0.660. The molecule has 1 atom stereocenters. The first kappa shape index (κ1) is 19.4. The minimum atomic E-state index is -5.03. The molecule has 0 fully saturated rings. The Morgan fingerprint density at radius 2 is 1.50 bits per heavy atom. The van der Waals surface area contributed by atoms with Crippen LogP contribution in [0.3, 0.4) is 0 Å². The van der Waals surface area contributed by atoms with Crippen molar-refractivity contribution in [1.29, 1.82) is 0 Å². The number of esters is 1. The van der Waals surface area contributed by atoms with Gasteiger partial charge in [0.1, 0.15) is 11.6 Å². The third-order valence-electron chi connectivity index (χ3n) is 3.38.